The summed E-state index contributed by atoms with van der Waals surface area (Å²) in [5, 5.41) is 0. The molecule has 0 unspecified atom stereocenters. The Bertz CT molecular complexity index is 320. The van der Waals surface area contributed by atoms with Crippen LogP contribution in [0.5, 0.6) is 0 Å². The van der Waals surface area contributed by atoms with Crippen LogP contribution in [0.3, 0.4) is 0 Å². The highest BCUT2D eigenvalue weighted by Gasteiger charge is 2.12. The second-order valence-corrected chi connectivity index (χ2v) is 4.05. The Morgan fingerprint density at radius 1 is 1.64 bits per heavy atom. The molecule has 0 saturated heterocycles. The SMILES string of the molecule is CC[n+]1csc(CCOC(C)=O)c1C. The van der Waals surface area contributed by atoms with Gasteiger partial charge in [0.1, 0.15) is 6.54 Å². The third kappa shape index (κ3) is 2.80. The van der Waals surface area contributed by atoms with E-state index in [-0.39, 0.29) is 5.97 Å². The number of carbonyl (C=O) groups is 1. The van der Waals surface area contributed by atoms with E-state index in [1.165, 1.54) is 17.5 Å². The Hall–Kier alpha value is -0.900. The maximum atomic E-state index is 10.6. The molecule has 0 radical (unpaired) electrons. The first-order valence-corrected chi connectivity index (χ1v) is 5.63. The van der Waals surface area contributed by atoms with Gasteiger partial charge in [-0.05, 0) is 6.92 Å². The number of carbonyl (C=O) groups excluding carboxylic acids is 1. The van der Waals surface area contributed by atoms with E-state index in [4.69, 9.17) is 4.74 Å². The Morgan fingerprint density at radius 2 is 2.36 bits per heavy atom. The summed E-state index contributed by atoms with van der Waals surface area (Å²) in [5.74, 6) is -0.206. The number of esters is 1. The first kappa shape index (κ1) is 11.2. The van der Waals surface area contributed by atoms with Gasteiger partial charge in [-0.1, -0.05) is 11.3 Å². The van der Waals surface area contributed by atoms with Gasteiger partial charge in [-0.3, -0.25) is 4.79 Å². The van der Waals surface area contributed by atoms with E-state index >= 15 is 0 Å². The second-order valence-electron chi connectivity index (χ2n) is 3.11. The zero-order valence-electron chi connectivity index (χ0n) is 8.87. The highest BCUT2D eigenvalue weighted by molar-refractivity contribution is 7.09. The molecule has 78 valence electrons. The molecule has 0 aliphatic heterocycles. The minimum Gasteiger partial charge on any atom is -0.465 e. The van der Waals surface area contributed by atoms with Crippen LogP contribution in [0.15, 0.2) is 5.51 Å². The number of aromatic nitrogens is 1. The predicted molar refractivity (Wildman–Crippen MR) is 55.3 cm³/mol. The molecule has 0 aromatic carbocycles. The molecule has 4 heteroatoms. The van der Waals surface area contributed by atoms with Crippen molar-refractivity contribution in [3.05, 3.63) is 16.1 Å². The highest BCUT2D eigenvalue weighted by Crippen LogP contribution is 2.11. The van der Waals surface area contributed by atoms with Gasteiger partial charge in [0.25, 0.3) is 0 Å². The van der Waals surface area contributed by atoms with Crippen molar-refractivity contribution >= 4 is 17.3 Å². The van der Waals surface area contributed by atoms with Crippen molar-refractivity contribution in [1.29, 1.82) is 0 Å². The van der Waals surface area contributed by atoms with Crippen LogP contribution in [0, 0.1) is 6.92 Å². The average Bonchev–Trinajstić information content (AvgIpc) is 2.47. The summed E-state index contributed by atoms with van der Waals surface area (Å²) in [7, 11) is 0. The molecule has 0 fully saturated rings. The third-order valence-electron chi connectivity index (χ3n) is 2.13. The Balaban J connectivity index is 2.50. The second kappa shape index (κ2) is 5.10. The van der Waals surface area contributed by atoms with E-state index in [1.54, 1.807) is 11.3 Å². The number of nitrogens with zero attached hydrogens (tertiary/aromatic N) is 1. The van der Waals surface area contributed by atoms with E-state index in [0.29, 0.717) is 6.61 Å². The lowest BCUT2D eigenvalue weighted by Crippen LogP contribution is -2.32. The molecule has 0 amide bonds. The van der Waals surface area contributed by atoms with Crippen molar-refractivity contribution in [2.45, 2.75) is 33.7 Å². The van der Waals surface area contributed by atoms with Gasteiger partial charge in [0.15, 0.2) is 5.69 Å². The molecule has 0 atom stereocenters. The van der Waals surface area contributed by atoms with E-state index in [1.807, 2.05) is 0 Å². The minimum atomic E-state index is -0.206. The van der Waals surface area contributed by atoms with E-state index in [0.717, 1.165) is 13.0 Å². The van der Waals surface area contributed by atoms with Crippen LogP contribution < -0.4 is 4.57 Å². The molecular weight excluding hydrogens is 198 g/mol. The number of ether oxygens (including phenoxy) is 1. The Kier molecular flexibility index (Phi) is 4.07. The predicted octanol–water partition coefficient (Wildman–Crippen LogP) is 1.47. The summed E-state index contributed by atoms with van der Waals surface area (Å²) in [6.07, 6.45) is 0.822. The van der Waals surface area contributed by atoms with E-state index in [2.05, 4.69) is 23.9 Å². The number of aryl methyl sites for hydroxylation is 1. The maximum absolute atomic E-state index is 10.6. The van der Waals surface area contributed by atoms with E-state index in [9.17, 15) is 4.79 Å². The van der Waals surface area contributed by atoms with Crippen LogP contribution in [0.4, 0.5) is 0 Å². The van der Waals surface area contributed by atoms with Crippen LogP contribution in [0.1, 0.15) is 24.4 Å². The van der Waals surface area contributed by atoms with Gasteiger partial charge in [0.2, 0.25) is 5.51 Å². The van der Waals surface area contributed by atoms with Gasteiger partial charge in [-0.25, -0.2) is 0 Å². The monoisotopic (exact) mass is 214 g/mol. The summed E-state index contributed by atoms with van der Waals surface area (Å²) in [5.41, 5.74) is 3.39. The lowest BCUT2D eigenvalue weighted by molar-refractivity contribution is -0.694. The molecule has 0 saturated carbocycles. The third-order valence-corrected chi connectivity index (χ3v) is 3.28. The molecule has 0 N–H and O–H groups in total. The maximum Gasteiger partial charge on any atom is 0.302 e. The fraction of sp³-hybridized carbons (Fsp3) is 0.600. The van der Waals surface area contributed by atoms with Crippen LogP contribution >= 0.6 is 11.3 Å². The summed E-state index contributed by atoms with van der Waals surface area (Å²) >= 11 is 1.72. The smallest absolute Gasteiger partial charge is 0.302 e. The molecular formula is C10H16NO2S+. The fourth-order valence-electron chi connectivity index (χ4n) is 1.29. The molecule has 0 spiro atoms. The largest absolute Gasteiger partial charge is 0.465 e. The van der Waals surface area contributed by atoms with Crippen molar-refractivity contribution in [3.8, 4) is 0 Å². The Labute approximate surface area is 88.3 Å². The first-order chi connectivity index (χ1) is 6.65. The molecule has 1 aromatic heterocycles. The lowest BCUT2D eigenvalue weighted by Gasteiger charge is -1.98. The molecule has 0 aliphatic rings. The number of rotatable bonds is 4. The van der Waals surface area contributed by atoms with Crippen molar-refractivity contribution < 1.29 is 14.1 Å². The van der Waals surface area contributed by atoms with Crippen molar-refractivity contribution in [3.63, 3.8) is 0 Å². The lowest BCUT2D eigenvalue weighted by atomic mass is 10.3. The van der Waals surface area contributed by atoms with Gasteiger partial charge in [0, 0.05) is 20.3 Å². The van der Waals surface area contributed by atoms with Gasteiger partial charge in [-0.15, -0.1) is 0 Å². The number of thiazole rings is 1. The zero-order chi connectivity index (χ0) is 10.6. The van der Waals surface area contributed by atoms with Gasteiger partial charge < -0.3 is 4.74 Å². The topological polar surface area (TPSA) is 30.2 Å². The molecule has 1 heterocycles. The summed E-state index contributed by atoms with van der Waals surface area (Å²) in [4.78, 5) is 11.9. The fourth-order valence-corrected chi connectivity index (χ4v) is 2.34. The number of hydrogen-bond donors (Lipinski definition) is 0. The zero-order valence-corrected chi connectivity index (χ0v) is 9.69. The molecule has 1 aromatic rings. The summed E-state index contributed by atoms with van der Waals surface area (Å²) in [6, 6.07) is 0. The highest BCUT2D eigenvalue weighted by atomic mass is 32.1. The average molecular weight is 214 g/mol. The van der Waals surface area contributed by atoms with Crippen LogP contribution in [0.2, 0.25) is 0 Å². The molecule has 1 rings (SSSR count). The normalized spacial score (nSPS) is 10.2. The molecule has 3 nitrogen and oxygen atoms in total. The van der Waals surface area contributed by atoms with E-state index < -0.39 is 0 Å². The molecule has 0 aliphatic carbocycles. The van der Waals surface area contributed by atoms with Crippen molar-refractivity contribution in [2.24, 2.45) is 0 Å². The first-order valence-electron chi connectivity index (χ1n) is 4.75. The molecule has 0 bridgehead atoms. The van der Waals surface area contributed by atoms with Crippen molar-refractivity contribution in [1.82, 2.24) is 0 Å². The van der Waals surface area contributed by atoms with Crippen molar-refractivity contribution in [2.75, 3.05) is 6.61 Å². The molecule has 14 heavy (non-hydrogen) atoms. The standard InChI is InChI=1S/C10H16NO2S/c1-4-11-7-14-10(8(11)2)5-6-13-9(3)12/h7H,4-6H2,1-3H3/q+1. The Morgan fingerprint density at radius 3 is 2.86 bits per heavy atom. The van der Waals surface area contributed by atoms with Gasteiger partial charge >= 0.3 is 5.97 Å². The van der Waals surface area contributed by atoms with Gasteiger partial charge in [0.05, 0.1) is 11.5 Å². The van der Waals surface area contributed by atoms with Gasteiger partial charge in [-0.2, -0.15) is 4.57 Å². The summed E-state index contributed by atoms with van der Waals surface area (Å²) in [6.45, 7) is 7.14. The van der Waals surface area contributed by atoms with Crippen LogP contribution in [0.25, 0.3) is 0 Å². The quantitative estimate of drug-likeness (QED) is 0.561. The summed E-state index contributed by atoms with van der Waals surface area (Å²) < 4.78 is 7.10. The van der Waals surface area contributed by atoms with Crippen LogP contribution in [-0.2, 0) is 22.5 Å². The van der Waals surface area contributed by atoms with Crippen LogP contribution in [-0.4, -0.2) is 12.6 Å². The minimum absolute atomic E-state index is 0.206. The number of hydrogen-bond acceptors (Lipinski definition) is 3.